The third-order valence-corrected chi connectivity index (χ3v) is 2.68. The van der Waals surface area contributed by atoms with Crippen molar-refractivity contribution in [1.82, 2.24) is 4.90 Å². The molecule has 0 unspecified atom stereocenters. The Balaban J connectivity index is 2.55. The van der Waals surface area contributed by atoms with E-state index in [-0.39, 0.29) is 24.3 Å². The van der Waals surface area contributed by atoms with E-state index in [1.807, 2.05) is 6.07 Å². The van der Waals surface area contributed by atoms with Gasteiger partial charge in [0, 0.05) is 13.6 Å². The number of phenolic OH excluding ortho intramolecular Hbond substituents is 1. The summed E-state index contributed by atoms with van der Waals surface area (Å²) in [6.45, 7) is 1.64. The van der Waals surface area contributed by atoms with Crippen LogP contribution in [0.4, 0.5) is 0 Å². The molecule has 0 saturated heterocycles. The first-order valence-corrected chi connectivity index (χ1v) is 6.03. The number of esters is 1. The summed E-state index contributed by atoms with van der Waals surface area (Å²) in [6, 6.07) is 6.47. The summed E-state index contributed by atoms with van der Waals surface area (Å²) >= 11 is 0. The maximum atomic E-state index is 11.7. The smallest absolute Gasteiger partial charge is 0.342 e. The quantitative estimate of drug-likeness (QED) is 0.817. The predicted octanol–water partition coefficient (Wildman–Crippen LogP) is 1.23. The maximum Gasteiger partial charge on any atom is 0.342 e. The highest BCUT2D eigenvalue weighted by Crippen LogP contribution is 2.19. The molecule has 1 amide bonds. The Labute approximate surface area is 117 Å². The Kier molecular flexibility index (Phi) is 5.54. The van der Waals surface area contributed by atoms with Crippen LogP contribution in [0.25, 0.3) is 0 Å². The highest BCUT2D eigenvalue weighted by Gasteiger charge is 2.16. The molecule has 6 nitrogen and oxygen atoms in total. The SMILES string of the molecule is Cc1ccc(C(=O)OCC(=O)N(C)CCC#N)c(O)c1. The Morgan fingerprint density at radius 3 is 2.75 bits per heavy atom. The highest BCUT2D eigenvalue weighted by atomic mass is 16.5. The lowest BCUT2D eigenvalue weighted by molar-refractivity contribution is -0.133. The van der Waals surface area contributed by atoms with E-state index in [1.165, 1.54) is 24.1 Å². The Bertz CT molecular complexity index is 549. The number of hydrogen-bond acceptors (Lipinski definition) is 5. The van der Waals surface area contributed by atoms with Crippen LogP contribution in [-0.2, 0) is 9.53 Å². The van der Waals surface area contributed by atoms with Gasteiger partial charge in [-0.2, -0.15) is 5.26 Å². The average molecular weight is 276 g/mol. The van der Waals surface area contributed by atoms with Crippen molar-refractivity contribution in [3.8, 4) is 11.8 Å². The third kappa shape index (κ3) is 4.28. The van der Waals surface area contributed by atoms with Gasteiger partial charge >= 0.3 is 5.97 Å². The number of aromatic hydroxyl groups is 1. The number of rotatable bonds is 5. The van der Waals surface area contributed by atoms with Crippen molar-refractivity contribution in [2.75, 3.05) is 20.2 Å². The van der Waals surface area contributed by atoms with E-state index in [2.05, 4.69) is 0 Å². The van der Waals surface area contributed by atoms with Gasteiger partial charge in [-0.05, 0) is 24.6 Å². The number of phenols is 1. The molecule has 0 aliphatic heterocycles. The monoisotopic (exact) mass is 276 g/mol. The van der Waals surface area contributed by atoms with E-state index in [9.17, 15) is 14.7 Å². The van der Waals surface area contributed by atoms with Crippen LogP contribution in [0.3, 0.4) is 0 Å². The minimum Gasteiger partial charge on any atom is -0.507 e. The van der Waals surface area contributed by atoms with E-state index in [0.717, 1.165) is 5.56 Å². The Morgan fingerprint density at radius 2 is 2.15 bits per heavy atom. The molecule has 0 atom stereocenters. The van der Waals surface area contributed by atoms with Crippen LogP contribution >= 0.6 is 0 Å². The summed E-state index contributed by atoms with van der Waals surface area (Å²) in [5.74, 6) is -1.34. The summed E-state index contributed by atoms with van der Waals surface area (Å²) in [4.78, 5) is 24.6. The minimum atomic E-state index is -0.760. The minimum absolute atomic E-state index is 0.0167. The zero-order valence-electron chi connectivity index (χ0n) is 11.4. The van der Waals surface area contributed by atoms with Gasteiger partial charge in [0.2, 0.25) is 0 Å². The fourth-order valence-corrected chi connectivity index (χ4v) is 1.47. The average Bonchev–Trinajstić information content (AvgIpc) is 2.41. The number of nitrogens with zero attached hydrogens (tertiary/aromatic N) is 2. The number of amides is 1. The number of hydrogen-bond donors (Lipinski definition) is 1. The third-order valence-electron chi connectivity index (χ3n) is 2.68. The van der Waals surface area contributed by atoms with Crippen LogP contribution in [0.5, 0.6) is 5.75 Å². The van der Waals surface area contributed by atoms with Gasteiger partial charge in [0.05, 0.1) is 12.5 Å². The van der Waals surface area contributed by atoms with Crippen LogP contribution in [0.2, 0.25) is 0 Å². The molecule has 20 heavy (non-hydrogen) atoms. The molecule has 106 valence electrons. The molecular formula is C14H16N2O4. The zero-order chi connectivity index (χ0) is 15.1. The molecule has 1 N–H and O–H groups in total. The zero-order valence-corrected chi connectivity index (χ0v) is 11.4. The maximum absolute atomic E-state index is 11.7. The fraction of sp³-hybridized carbons (Fsp3) is 0.357. The normalized spacial score (nSPS) is 9.65. The van der Waals surface area contributed by atoms with Gasteiger partial charge < -0.3 is 14.7 Å². The lowest BCUT2D eigenvalue weighted by atomic mass is 10.1. The van der Waals surface area contributed by atoms with E-state index in [4.69, 9.17) is 10.00 Å². The van der Waals surface area contributed by atoms with Gasteiger partial charge in [0.15, 0.2) is 6.61 Å². The van der Waals surface area contributed by atoms with E-state index >= 15 is 0 Å². The van der Waals surface area contributed by atoms with Crippen molar-refractivity contribution in [3.63, 3.8) is 0 Å². The molecule has 0 aliphatic carbocycles. The van der Waals surface area contributed by atoms with Gasteiger partial charge in [-0.3, -0.25) is 4.79 Å². The van der Waals surface area contributed by atoms with Crippen molar-refractivity contribution in [1.29, 1.82) is 5.26 Å². The molecule has 0 aromatic heterocycles. The molecule has 0 fully saturated rings. The first-order valence-electron chi connectivity index (χ1n) is 6.03. The van der Waals surface area contributed by atoms with Crippen molar-refractivity contribution < 1.29 is 19.4 Å². The second kappa shape index (κ2) is 7.14. The van der Waals surface area contributed by atoms with Gasteiger partial charge in [-0.15, -0.1) is 0 Å². The summed E-state index contributed by atoms with van der Waals surface area (Å²) in [5, 5.41) is 18.0. The van der Waals surface area contributed by atoms with Crippen LogP contribution in [0, 0.1) is 18.3 Å². The molecule has 0 spiro atoms. The van der Waals surface area contributed by atoms with Crippen LogP contribution < -0.4 is 0 Å². The molecule has 0 saturated carbocycles. The molecule has 1 rings (SSSR count). The van der Waals surface area contributed by atoms with Crippen LogP contribution in [-0.4, -0.2) is 42.1 Å². The lowest BCUT2D eigenvalue weighted by Gasteiger charge is -2.15. The molecule has 0 radical (unpaired) electrons. The Hall–Kier alpha value is -2.55. The molecule has 1 aromatic rings. The van der Waals surface area contributed by atoms with Gasteiger partial charge in [0.1, 0.15) is 11.3 Å². The summed E-state index contributed by atoms with van der Waals surface area (Å²) in [7, 11) is 1.52. The van der Waals surface area contributed by atoms with Gasteiger partial charge in [0.25, 0.3) is 5.91 Å². The van der Waals surface area contributed by atoms with E-state index in [0.29, 0.717) is 0 Å². The van der Waals surface area contributed by atoms with Gasteiger partial charge in [-0.1, -0.05) is 6.07 Å². The molecule has 1 aromatic carbocycles. The Morgan fingerprint density at radius 1 is 1.45 bits per heavy atom. The second-order valence-electron chi connectivity index (χ2n) is 4.32. The topological polar surface area (TPSA) is 90.6 Å². The number of benzene rings is 1. The van der Waals surface area contributed by atoms with Crippen LogP contribution in [0.15, 0.2) is 18.2 Å². The van der Waals surface area contributed by atoms with E-state index < -0.39 is 18.5 Å². The lowest BCUT2D eigenvalue weighted by Crippen LogP contribution is -2.31. The molecular weight excluding hydrogens is 260 g/mol. The first-order chi connectivity index (χ1) is 9.45. The molecule has 6 heteroatoms. The van der Waals surface area contributed by atoms with Gasteiger partial charge in [-0.25, -0.2) is 4.79 Å². The summed E-state index contributed by atoms with van der Waals surface area (Å²) < 4.78 is 4.84. The van der Waals surface area contributed by atoms with E-state index in [1.54, 1.807) is 13.0 Å². The van der Waals surface area contributed by atoms with Crippen LogP contribution in [0.1, 0.15) is 22.3 Å². The molecule has 0 aliphatic rings. The first kappa shape index (κ1) is 15.5. The summed E-state index contributed by atoms with van der Waals surface area (Å²) in [5.41, 5.74) is 0.828. The number of carbonyl (C=O) groups excluding carboxylic acids is 2. The summed E-state index contributed by atoms with van der Waals surface area (Å²) in [6.07, 6.45) is 0.217. The number of aryl methyl sites for hydroxylation is 1. The molecule has 0 heterocycles. The number of ether oxygens (including phenoxy) is 1. The predicted molar refractivity (Wildman–Crippen MR) is 71.0 cm³/mol. The van der Waals surface area contributed by atoms with Crippen molar-refractivity contribution in [2.45, 2.75) is 13.3 Å². The standard InChI is InChI=1S/C14H16N2O4/c1-10-4-5-11(12(17)8-10)14(19)20-9-13(18)16(2)7-3-6-15/h4-5,8,17H,3,7,9H2,1-2H3. The number of carbonyl (C=O) groups is 2. The van der Waals surface area contributed by atoms with Crippen molar-refractivity contribution in [3.05, 3.63) is 29.3 Å². The highest BCUT2D eigenvalue weighted by molar-refractivity contribution is 5.93. The number of nitriles is 1. The number of likely N-dealkylation sites (N-methyl/N-ethyl adjacent to an activating group) is 1. The largest absolute Gasteiger partial charge is 0.507 e. The molecule has 0 bridgehead atoms. The second-order valence-corrected chi connectivity index (χ2v) is 4.32. The fourth-order valence-electron chi connectivity index (χ4n) is 1.47. The van der Waals surface area contributed by atoms with Crippen molar-refractivity contribution >= 4 is 11.9 Å². The van der Waals surface area contributed by atoms with Crippen molar-refractivity contribution in [2.24, 2.45) is 0 Å².